The summed E-state index contributed by atoms with van der Waals surface area (Å²) >= 11 is 0. The number of hydrogen-bond acceptors (Lipinski definition) is 24. The molecule has 2 aromatic carbocycles. The van der Waals surface area contributed by atoms with Crippen molar-refractivity contribution in [3.63, 3.8) is 0 Å². The number of carboxylic acid groups (broad SMARTS) is 2. The number of aliphatic carboxylic acids is 2. The molecule has 9 rings (SSSR count). The predicted molar refractivity (Wildman–Crippen MR) is 332 cm³/mol. The van der Waals surface area contributed by atoms with E-state index in [0.717, 1.165) is 10.8 Å². The van der Waals surface area contributed by atoms with Crippen LogP contribution >= 0.6 is 74.6 Å². The van der Waals surface area contributed by atoms with E-state index in [1.165, 1.54) is 119 Å². The highest BCUT2D eigenvalue weighted by molar-refractivity contribution is 9.09. The van der Waals surface area contributed by atoms with Crippen molar-refractivity contribution in [2.24, 2.45) is 11.7 Å². The monoisotopic (exact) mass is 1310 g/mol. The number of phenols is 2. The number of ketones is 3. The Kier molecular flexibility index (Phi) is 25.8. The van der Waals surface area contributed by atoms with Crippen LogP contribution in [0, 0.1) is 5.92 Å². The van der Waals surface area contributed by atoms with Gasteiger partial charge in [0, 0.05) is 59.7 Å². The number of aliphatic hydroxyl groups excluding tert-OH is 1. The van der Waals surface area contributed by atoms with E-state index in [9.17, 15) is 63.9 Å². The summed E-state index contributed by atoms with van der Waals surface area (Å²) in [5.74, 6) is -8.38. The number of rotatable bonds is 13. The highest BCUT2D eigenvalue weighted by atomic mass is 33.5. The van der Waals surface area contributed by atoms with E-state index in [4.69, 9.17) is 5.73 Å². The van der Waals surface area contributed by atoms with Gasteiger partial charge in [0.15, 0.2) is 17.3 Å². The molecule has 0 aromatic heterocycles. The normalized spacial score (nSPS) is 30.9. The van der Waals surface area contributed by atoms with Crippen molar-refractivity contribution >= 4 is 133 Å². The van der Waals surface area contributed by atoms with Gasteiger partial charge in [-0.3, -0.25) is 58.6 Å². The zero-order chi connectivity index (χ0) is 61.5. The fraction of sp³-hybridized carbons (Fsp3) is 0.593. The van der Waals surface area contributed by atoms with Gasteiger partial charge in [0.05, 0.1) is 60.1 Å². The van der Waals surface area contributed by atoms with Crippen molar-refractivity contribution in [3.05, 3.63) is 59.7 Å². The average molecular weight is 1310 g/mol. The predicted octanol–water partition coefficient (Wildman–Crippen LogP) is 1.18. The molecule has 2 aromatic rings. The Labute approximate surface area is 519 Å². The molecule has 31 heteroatoms. The molecule has 7 unspecified atom stereocenters. The van der Waals surface area contributed by atoms with Gasteiger partial charge in [0.1, 0.15) is 29.6 Å². The number of nitrogens with one attached hydrogen (secondary N) is 7. The summed E-state index contributed by atoms with van der Waals surface area (Å²) in [6.45, 7) is 2.15. The lowest BCUT2D eigenvalue weighted by Gasteiger charge is -2.55. The maximum absolute atomic E-state index is 15.7. The molecule has 5 bridgehead atoms. The standard InChI is InChI=1S/C54H73N9O15S7/c1-27-46(71)40-25-81-80-23-31-15-17-79-85-83-26-54(84-82-24-39(42(67)22-56-51(75)45(60-40)28(2)64)59-38(53(77)78)19-30-7-11-33(66)12-8-30)21-34(48(54)61-37(20-43(55)68)52(76)63-16-3-4-41(63)50(74)57-27)47(72)36(18-29-5-9-32(65)10-6-29)62-49(73)35(58-31)13-14-44(69)70/h5-12,27-28,31,34-41,45,48,58-61,64-66H,3-4,13-26H2,1-2H3,(H2,55,68)(H,56,75)(H,57,74)(H,62,73)(H,69,70)(H,77,78)/t27?,28-,31?,34?,35+,36+,37+,38+,39?,40?,41+,45+,48?,54?/m1/s1. The molecule has 6 heterocycles. The SMILES string of the molecule is CC1NC(=O)[C@@H]2CCCN2C(=O)[C@H](CC(N)=O)NC2C3CC24CSSSCCC(CSSCC(N[C@@H]([C@@H](C)O)C(=O)NCC(=O)C(N[C@@H](Cc2ccc(O)cc2)C(=O)O)CSS4)C1=O)N[C@@H](CCC(=O)O)C(=O)N[C@@H](Cc1ccc(O)cc1)C3=O. The van der Waals surface area contributed by atoms with Gasteiger partial charge >= 0.3 is 11.9 Å². The summed E-state index contributed by atoms with van der Waals surface area (Å²) in [5, 5.41) is 73.0. The van der Waals surface area contributed by atoms with E-state index in [-0.39, 0.29) is 67.4 Å². The number of carbonyl (C=O) groups excluding carboxylic acids is 8. The van der Waals surface area contributed by atoms with Crippen LogP contribution in [0.15, 0.2) is 48.5 Å². The maximum Gasteiger partial charge on any atom is 0.321 e. The maximum atomic E-state index is 15.7. The Bertz CT molecular complexity index is 2740. The topological polar surface area (TPSA) is 385 Å². The van der Waals surface area contributed by atoms with Gasteiger partial charge in [0.2, 0.25) is 29.5 Å². The molecular formula is C54H73N9O15S7. The van der Waals surface area contributed by atoms with Crippen LogP contribution in [0.2, 0.25) is 0 Å². The number of aromatic hydroxyl groups is 2. The summed E-state index contributed by atoms with van der Waals surface area (Å²) in [6.07, 6.45) is -1.84. The number of nitrogens with two attached hydrogens (primary N) is 1. The van der Waals surface area contributed by atoms with Crippen molar-refractivity contribution in [1.82, 2.24) is 42.1 Å². The number of carboxylic acids is 2. The van der Waals surface area contributed by atoms with Crippen LogP contribution in [0.1, 0.15) is 69.9 Å². The van der Waals surface area contributed by atoms with E-state index in [2.05, 4.69) is 37.2 Å². The number of nitrogens with zero attached hydrogens (tertiary/aromatic N) is 1. The van der Waals surface area contributed by atoms with Gasteiger partial charge < -0.3 is 62.8 Å². The van der Waals surface area contributed by atoms with Gasteiger partial charge in [-0.2, -0.15) is 0 Å². The van der Waals surface area contributed by atoms with Crippen LogP contribution in [0.4, 0.5) is 0 Å². The first-order valence-electron chi connectivity index (χ1n) is 27.8. The average Bonchev–Trinajstić information content (AvgIpc) is 1.59. The molecule has 0 radical (unpaired) electrons. The summed E-state index contributed by atoms with van der Waals surface area (Å²) in [6, 6.07) is -1.38. The number of primary amides is 1. The molecule has 1 saturated carbocycles. The summed E-state index contributed by atoms with van der Waals surface area (Å²) in [5.41, 5.74) is 6.98. The van der Waals surface area contributed by atoms with E-state index in [1.807, 2.05) is 0 Å². The molecule has 24 nitrogen and oxygen atoms in total. The third-order valence-corrected chi connectivity index (χ3v) is 25.7. The van der Waals surface area contributed by atoms with Gasteiger partial charge in [-0.15, -0.1) is 0 Å². The highest BCUT2D eigenvalue weighted by Crippen LogP contribution is 2.57. The summed E-state index contributed by atoms with van der Waals surface area (Å²) in [7, 11) is 9.34. The van der Waals surface area contributed by atoms with E-state index in [0.29, 0.717) is 35.5 Å². The zero-order valence-electron chi connectivity index (χ0n) is 46.6. The van der Waals surface area contributed by atoms with Gasteiger partial charge in [-0.25, -0.2) is 0 Å². The quantitative estimate of drug-likeness (QED) is 0.125. The molecule has 85 heavy (non-hydrogen) atoms. The number of amides is 5. The van der Waals surface area contributed by atoms with Crippen LogP contribution in [0.3, 0.4) is 0 Å². The number of carbonyl (C=O) groups is 10. The van der Waals surface area contributed by atoms with E-state index < -0.39 is 161 Å². The van der Waals surface area contributed by atoms with Crippen LogP contribution in [-0.4, -0.2) is 208 Å². The molecular weight excluding hydrogens is 1240 g/mol. The molecule has 14 N–H and O–H groups in total. The first-order chi connectivity index (χ1) is 40.5. The van der Waals surface area contributed by atoms with Crippen LogP contribution in [0.5, 0.6) is 11.5 Å². The van der Waals surface area contributed by atoms with Crippen LogP contribution in [0.25, 0.3) is 0 Å². The minimum absolute atomic E-state index is 0.0518. The Balaban J connectivity index is 1.41. The second kappa shape index (κ2) is 32.2. The number of fused-ring (bicyclic) bond motifs is 22. The molecule has 1 spiro atoms. The molecule has 7 aliphatic rings. The minimum atomic E-state index is -1.53. The molecule has 5 amide bonds. The number of Topliss-reactive ketones (excluding diaryl/α,β-unsaturated/α-hetero) is 3. The number of hydrogen-bond donors (Lipinski definition) is 13. The lowest BCUT2D eigenvalue weighted by molar-refractivity contribution is -0.143. The smallest absolute Gasteiger partial charge is 0.321 e. The Morgan fingerprint density at radius 2 is 1.48 bits per heavy atom. The van der Waals surface area contributed by atoms with Gasteiger partial charge in [-0.05, 0) is 104 Å². The first kappa shape index (κ1) is 68.1. The molecule has 7 fully saturated rings. The van der Waals surface area contributed by atoms with Crippen molar-refractivity contribution in [1.29, 1.82) is 0 Å². The van der Waals surface area contributed by atoms with Crippen molar-refractivity contribution in [2.75, 3.05) is 41.9 Å². The molecule has 6 saturated heterocycles. The Hall–Kier alpha value is -4.41. The van der Waals surface area contributed by atoms with Gasteiger partial charge in [-0.1, -0.05) is 89.0 Å². The second-order valence-electron chi connectivity index (χ2n) is 21.7. The van der Waals surface area contributed by atoms with Gasteiger partial charge in [0.25, 0.3) is 0 Å². The largest absolute Gasteiger partial charge is 0.508 e. The number of phenolic OH excluding ortho intramolecular Hbond substituents is 2. The molecule has 14 atom stereocenters. The van der Waals surface area contributed by atoms with Crippen LogP contribution < -0.4 is 43.0 Å². The Morgan fingerprint density at radius 3 is 2.15 bits per heavy atom. The highest BCUT2D eigenvalue weighted by Gasteiger charge is 2.59. The third-order valence-electron chi connectivity index (χ3n) is 15.4. The first-order valence-corrected chi connectivity index (χ1v) is 36.4. The fourth-order valence-corrected chi connectivity index (χ4v) is 21.6. The minimum Gasteiger partial charge on any atom is -0.508 e. The number of aliphatic hydroxyl groups is 1. The summed E-state index contributed by atoms with van der Waals surface area (Å²) in [4.78, 5) is 143. The van der Waals surface area contributed by atoms with E-state index in [1.54, 1.807) is 12.1 Å². The lowest BCUT2D eigenvalue weighted by atomic mass is 9.65. The Morgan fingerprint density at radius 1 is 0.788 bits per heavy atom. The number of benzene rings is 2. The second-order valence-corrected chi connectivity index (χ2v) is 31.4. The zero-order valence-corrected chi connectivity index (χ0v) is 52.4. The summed E-state index contributed by atoms with van der Waals surface area (Å²) < 4.78 is -1.08. The van der Waals surface area contributed by atoms with Crippen LogP contribution in [-0.2, 0) is 60.8 Å². The fourth-order valence-electron chi connectivity index (χ4n) is 10.8. The molecule has 1 aliphatic carbocycles. The third kappa shape index (κ3) is 19.1. The van der Waals surface area contributed by atoms with E-state index >= 15 is 9.59 Å². The lowest BCUT2D eigenvalue weighted by Crippen LogP contribution is -2.71. The van der Waals surface area contributed by atoms with Crippen molar-refractivity contribution < 1.29 is 73.5 Å². The molecule has 466 valence electrons. The molecule has 6 aliphatic heterocycles. The van der Waals surface area contributed by atoms with Crippen molar-refractivity contribution in [3.8, 4) is 11.5 Å². The van der Waals surface area contributed by atoms with Crippen molar-refractivity contribution in [2.45, 2.75) is 149 Å².